The molecular formula is C15H20O4. The third-order valence-corrected chi connectivity index (χ3v) is 3.97. The summed E-state index contributed by atoms with van der Waals surface area (Å²) in [5, 5.41) is 20.6. The van der Waals surface area contributed by atoms with Gasteiger partial charge in [0.2, 0.25) is 0 Å². The van der Waals surface area contributed by atoms with Gasteiger partial charge in [-0.2, -0.15) is 0 Å². The number of carboxylic acid groups (broad SMARTS) is 1. The molecule has 0 radical (unpaired) electrons. The zero-order chi connectivity index (χ0) is 14.0. The first-order chi connectivity index (χ1) is 9.01. The Labute approximate surface area is 113 Å². The summed E-state index contributed by atoms with van der Waals surface area (Å²) in [6.45, 7) is 4.09. The summed E-state index contributed by atoms with van der Waals surface area (Å²) in [6.07, 6.45) is 1.17. The predicted octanol–water partition coefficient (Wildman–Crippen LogP) is 2.40. The molecule has 1 aliphatic heterocycles. The van der Waals surface area contributed by atoms with Gasteiger partial charge < -0.3 is 14.9 Å². The third kappa shape index (κ3) is 2.21. The van der Waals surface area contributed by atoms with Gasteiger partial charge in [-0.05, 0) is 12.5 Å². The van der Waals surface area contributed by atoms with Gasteiger partial charge >= 0.3 is 5.97 Å². The fourth-order valence-electron chi connectivity index (χ4n) is 2.88. The van der Waals surface area contributed by atoms with Crippen molar-refractivity contribution in [3.63, 3.8) is 0 Å². The van der Waals surface area contributed by atoms with Gasteiger partial charge in [-0.1, -0.05) is 38.5 Å². The molecule has 0 spiro atoms. The van der Waals surface area contributed by atoms with E-state index in [1.807, 2.05) is 19.9 Å². The first kappa shape index (κ1) is 13.9. The third-order valence-electron chi connectivity index (χ3n) is 3.97. The second kappa shape index (κ2) is 5.21. The second-order valence-corrected chi connectivity index (χ2v) is 5.21. The molecule has 0 saturated heterocycles. The van der Waals surface area contributed by atoms with Crippen LogP contribution in [0.5, 0.6) is 5.75 Å². The van der Waals surface area contributed by atoms with Crippen LogP contribution in [0.4, 0.5) is 0 Å². The summed E-state index contributed by atoms with van der Waals surface area (Å²) >= 11 is 0. The standard InChI is InChI=1S/C15H20O4/c1-3-6-12(14(16)17)15(18)10(2)9-19-13-8-5-4-7-11(13)15/h4-5,7-8,10,12,18H,3,6,9H2,1-2H3,(H,16,17). The van der Waals surface area contributed by atoms with Crippen LogP contribution in [0.3, 0.4) is 0 Å². The molecule has 1 aromatic carbocycles. The van der Waals surface area contributed by atoms with Crippen molar-refractivity contribution in [1.82, 2.24) is 0 Å². The minimum Gasteiger partial charge on any atom is -0.493 e. The minimum atomic E-state index is -1.36. The number of hydrogen-bond donors (Lipinski definition) is 2. The maximum atomic E-state index is 11.5. The van der Waals surface area contributed by atoms with E-state index in [0.717, 1.165) is 6.42 Å². The first-order valence-corrected chi connectivity index (χ1v) is 6.69. The quantitative estimate of drug-likeness (QED) is 0.876. The molecule has 3 unspecified atom stereocenters. The van der Waals surface area contributed by atoms with E-state index in [-0.39, 0.29) is 5.92 Å². The van der Waals surface area contributed by atoms with E-state index in [4.69, 9.17) is 4.74 Å². The molecule has 19 heavy (non-hydrogen) atoms. The zero-order valence-corrected chi connectivity index (χ0v) is 11.3. The molecule has 0 fully saturated rings. The SMILES string of the molecule is CCCC(C(=O)O)C1(O)c2ccccc2OCC1C. The number of hydrogen-bond acceptors (Lipinski definition) is 3. The molecule has 1 aromatic rings. The van der Waals surface area contributed by atoms with Gasteiger partial charge in [0.25, 0.3) is 0 Å². The van der Waals surface area contributed by atoms with Crippen LogP contribution >= 0.6 is 0 Å². The molecule has 1 heterocycles. The van der Waals surface area contributed by atoms with E-state index in [9.17, 15) is 15.0 Å². The van der Waals surface area contributed by atoms with Crippen molar-refractivity contribution in [2.75, 3.05) is 6.61 Å². The summed E-state index contributed by atoms with van der Waals surface area (Å²) in [7, 11) is 0. The van der Waals surface area contributed by atoms with Gasteiger partial charge in [0.15, 0.2) is 0 Å². The maximum absolute atomic E-state index is 11.5. The number of aliphatic carboxylic acids is 1. The Morgan fingerprint density at radius 1 is 1.53 bits per heavy atom. The van der Waals surface area contributed by atoms with E-state index in [0.29, 0.717) is 24.3 Å². The Balaban J connectivity index is 2.52. The van der Waals surface area contributed by atoms with Gasteiger partial charge in [-0.15, -0.1) is 0 Å². The van der Waals surface area contributed by atoms with Crippen LogP contribution in [-0.2, 0) is 10.4 Å². The Morgan fingerprint density at radius 2 is 2.21 bits per heavy atom. The number of aliphatic hydroxyl groups is 1. The van der Waals surface area contributed by atoms with Crippen LogP contribution in [0.1, 0.15) is 32.3 Å². The molecule has 4 nitrogen and oxygen atoms in total. The van der Waals surface area contributed by atoms with Gasteiger partial charge in [0.05, 0.1) is 12.5 Å². The summed E-state index contributed by atoms with van der Waals surface area (Å²) in [6, 6.07) is 7.16. The molecule has 3 atom stereocenters. The number of carbonyl (C=O) groups is 1. The predicted molar refractivity (Wildman–Crippen MR) is 71.0 cm³/mol. The van der Waals surface area contributed by atoms with Crippen LogP contribution in [-0.4, -0.2) is 22.8 Å². The van der Waals surface area contributed by atoms with Crippen molar-refractivity contribution in [2.45, 2.75) is 32.3 Å². The molecule has 0 aliphatic carbocycles. The molecule has 0 bridgehead atoms. The molecule has 2 N–H and O–H groups in total. The van der Waals surface area contributed by atoms with E-state index in [2.05, 4.69) is 0 Å². The lowest BCUT2D eigenvalue weighted by Crippen LogP contribution is -2.49. The molecule has 2 rings (SSSR count). The van der Waals surface area contributed by atoms with Crippen LogP contribution < -0.4 is 4.74 Å². The highest BCUT2D eigenvalue weighted by Crippen LogP contribution is 2.46. The lowest BCUT2D eigenvalue weighted by molar-refractivity contribution is -0.163. The van der Waals surface area contributed by atoms with E-state index >= 15 is 0 Å². The van der Waals surface area contributed by atoms with Crippen LogP contribution in [0, 0.1) is 11.8 Å². The fraction of sp³-hybridized carbons (Fsp3) is 0.533. The monoisotopic (exact) mass is 264 g/mol. The summed E-state index contributed by atoms with van der Waals surface area (Å²) < 4.78 is 5.59. The lowest BCUT2D eigenvalue weighted by atomic mass is 9.70. The number of carboxylic acids is 1. The van der Waals surface area contributed by atoms with Gasteiger partial charge in [-0.25, -0.2) is 0 Å². The summed E-state index contributed by atoms with van der Waals surface area (Å²) in [4.78, 5) is 11.5. The Kier molecular flexibility index (Phi) is 3.80. The Hall–Kier alpha value is -1.55. The van der Waals surface area contributed by atoms with E-state index in [1.165, 1.54) is 0 Å². The normalized spacial score (nSPS) is 27.2. The van der Waals surface area contributed by atoms with Gasteiger partial charge in [-0.3, -0.25) is 4.79 Å². The zero-order valence-electron chi connectivity index (χ0n) is 11.3. The van der Waals surface area contributed by atoms with Crippen molar-refractivity contribution in [3.05, 3.63) is 29.8 Å². The lowest BCUT2D eigenvalue weighted by Gasteiger charge is -2.43. The average Bonchev–Trinajstić information content (AvgIpc) is 2.40. The van der Waals surface area contributed by atoms with Gasteiger partial charge in [0, 0.05) is 11.5 Å². The Bertz CT molecular complexity index is 471. The highest BCUT2D eigenvalue weighted by Gasteiger charge is 2.50. The molecule has 0 saturated carbocycles. The number of ether oxygens (including phenoxy) is 1. The molecule has 0 aromatic heterocycles. The summed E-state index contributed by atoms with van der Waals surface area (Å²) in [5.41, 5.74) is -0.772. The number of benzene rings is 1. The highest BCUT2D eigenvalue weighted by molar-refractivity contribution is 5.72. The molecule has 1 aliphatic rings. The Morgan fingerprint density at radius 3 is 2.84 bits per heavy atom. The highest BCUT2D eigenvalue weighted by atomic mass is 16.5. The van der Waals surface area contributed by atoms with E-state index in [1.54, 1.807) is 18.2 Å². The minimum absolute atomic E-state index is 0.255. The largest absolute Gasteiger partial charge is 0.493 e. The first-order valence-electron chi connectivity index (χ1n) is 6.69. The van der Waals surface area contributed by atoms with Crippen LogP contribution in [0.25, 0.3) is 0 Å². The molecular weight excluding hydrogens is 244 g/mol. The number of rotatable bonds is 4. The smallest absolute Gasteiger partial charge is 0.309 e. The number of fused-ring (bicyclic) bond motifs is 1. The number of para-hydroxylation sites is 1. The van der Waals surface area contributed by atoms with Crippen molar-refractivity contribution in [3.8, 4) is 5.75 Å². The topological polar surface area (TPSA) is 66.8 Å². The summed E-state index contributed by atoms with van der Waals surface area (Å²) in [5.74, 6) is -1.43. The maximum Gasteiger partial charge on any atom is 0.309 e. The second-order valence-electron chi connectivity index (χ2n) is 5.21. The van der Waals surface area contributed by atoms with Crippen molar-refractivity contribution in [2.24, 2.45) is 11.8 Å². The van der Waals surface area contributed by atoms with Gasteiger partial charge in [0.1, 0.15) is 11.4 Å². The molecule has 104 valence electrons. The van der Waals surface area contributed by atoms with Crippen molar-refractivity contribution in [1.29, 1.82) is 0 Å². The molecule has 4 heteroatoms. The van der Waals surface area contributed by atoms with Crippen molar-refractivity contribution < 1.29 is 19.7 Å². The van der Waals surface area contributed by atoms with Crippen molar-refractivity contribution >= 4 is 5.97 Å². The average molecular weight is 264 g/mol. The van der Waals surface area contributed by atoms with Crippen LogP contribution in [0.2, 0.25) is 0 Å². The van der Waals surface area contributed by atoms with E-state index < -0.39 is 17.5 Å². The van der Waals surface area contributed by atoms with Crippen LogP contribution in [0.15, 0.2) is 24.3 Å². The fourth-order valence-corrected chi connectivity index (χ4v) is 2.88. The molecule has 0 amide bonds.